The lowest BCUT2D eigenvalue weighted by Crippen LogP contribution is -2.46. The van der Waals surface area contributed by atoms with Crippen LogP contribution >= 0.6 is 0 Å². The molecule has 2 unspecified atom stereocenters. The summed E-state index contributed by atoms with van der Waals surface area (Å²) in [5.41, 5.74) is 0. The molecule has 1 N–H and O–H groups in total. The zero-order chi connectivity index (χ0) is 11.7. The van der Waals surface area contributed by atoms with Gasteiger partial charge in [0.25, 0.3) is 0 Å². The lowest BCUT2D eigenvalue weighted by atomic mass is 9.84. The molecule has 1 aliphatic carbocycles. The first-order valence-electron chi connectivity index (χ1n) is 7.85. The number of hydrogen-bond acceptors (Lipinski definition) is 2. The molecule has 0 bridgehead atoms. The Labute approximate surface area is 106 Å². The summed E-state index contributed by atoms with van der Waals surface area (Å²) in [7, 11) is 0. The average Bonchev–Trinajstić information content (AvgIpc) is 2.95. The van der Waals surface area contributed by atoms with Crippen molar-refractivity contribution in [2.45, 2.75) is 76.4 Å². The van der Waals surface area contributed by atoms with Crippen molar-refractivity contribution in [3.05, 3.63) is 0 Å². The zero-order valence-corrected chi connectivity index (χ0v) is 11.3. The molecule has 0 aromatic carbocycles. The minimum atomic E-state index is 0.751. The number of fused-ring (bicyclic) bond motifs is 1. The van der Waals surface area contributed by atoms with Gasteiger partial charge >= 0.3 is 0 Å². The summed E-state index contributed by atoms with van der Waals surface area (Å²) in [6.45, 7) is 5.15. The van der Waals surface area contributed by atoms with Crippen LogP contribution in [0.4, 0.5) is 0 Å². The van der Waals surface area contributed by atoms with Gasteiger partial charge in [-0.1, -0.05) is 19.3 Å². The number of nitrogens with one attached hydrogen (secondary N) is 1. The molecule has 3 aliphatic rings. The van der Waals surface area contributed by atoms with Gasteiger partial charge in [0.2, 0.25) is 0 Å². The number of hydrogen-bond donors (Lipinski definition) is 1. The van der Waals surface area contributed by atoms with Gasteiger partial charge in [-0.25, -0.2) is 0 Å². The third-order valence-electron chi connectivity index (χ3n) is 5.44. The molecule has 3 atom stereocenters. The Morgan fingerprint density at radius 3 is 2.59 bits per heavy atom. The number of rotatable bonds is 3. The van der Waals surface area contributed by atoms with Crippen LogP contribution in [0.3, 0.4) is 0 Å². The van der Waals surface area contributed by atoms with Crippen molar-refractivity contribution < 1.29 is 0 Å². The second kappa shape index (κ2) is 5.27. The third-order valence-corrected chi connectivity index (χ3v) is 5.44. The summed E-state index contributed by atoms with van der Waals surface area (Å²) in [5.74, 6) is 0.958. The summed E-state index contributed by atoms with van der Waals surface area (Å²) in [6, 6.07) is 2.43. The molecule has 98 valence electrons. The van der Waals surface area contributed by atoms with Crippen molar-refractivity contribution in [2.75, 3.05) is 13.1 Å². The van der Waals surface area contributed by atoms with Gasteiger partial charge in [-0.2, -0.15) is 0 Å². The van der Waals surface area contributed by atoms with Gasteiger partial charge in [-0.15, -0.1) is 0 Å². The van der Waals surface area contributed by atoms with Crippen LogP contribution in [0.25, 0.3) is 0 Å². The smallest absolute Gasteiger partial charge is 0.0250 e. The number of nitrogens with zero attached hydrogens (tertiary/aromatic N) is 1. The average molecular weight is 236 g/mol. The monoisotopic (exact) mass is 236 g/mol. The quantitative estimate of drug-likeness (QED) is 0.810. The molecule has 2 aliphatic heterocycles. The van der Waals surface area contributed by atoms with Crippen LogP contribution in [-0.4, -0.2) is 36.1 Å². The largest absolute Gasteiger partial charge is 0.310 e. The van der Waals surface area contributed by atoms with Gasteiger partial charge in [0, 0.05) is 24.7 Å². The fourth-order valence-corrected chi connectivity index (χ4v) is 4.38. The van der Waals surface area contributed by atoms with Crippen LogP contribution in [0.15, 0.2) is 0 Å². The first-order valence-corrected chi connectivity index (χ1v) is 7.85. The summed E-state index contributed by atoms with van der Waals surface area (Å²) < 4.78 is 0. The molecular formula is C15H28N2. The molecular weight excluding hydrogens is 208 g/mol. The van der Waals surface area contributed by atoms with Gasteiger partial charge in [0.1, 0.15) is 0 Å². The Bertz CT molecular complexity index is 247. The minimum Gasteiger partial charge on any atom is -0.310 e. The van der Waals surface area contributed by atoms with Crippen LogP contribution in [0, 0.1) is 5.92 Å². The highest BCUT2D eigenvalue weighted by Crippen LogP contribution is 2.31. The van der Waals surface area contributed by atoms with Crippen molar-refractivity contribution in [1.82, 2.24) is 10.2 Å². The fraction of sp³-hybridized carbons (Fsp3) is 1.00. The van der Waals surface area contributed by atoms with Gasteiger partial charge in [-0.3, -0.25) is 4.90 Å². The molecule has 0 amide bonds. The molecule has 0 radical (unpaired) electrons. The van der Waals surface area contributed by atoms with E-state index in [0.717, 1.165) is 24.0 Å². The Balaban J connectivity index is 1.52. The van der Waals surface area contributed by atoms with E-state index in [2.05, 4.69) is 17.1 Å². The van der Waals surface area contributed by atoms with Crippen LogP contribution in [0.1, 0.15) is 58.3 Å². The molecule has 0 spiro atoms. The summed E-state index contributed by atoms with van der Waals surface area (Å²) in [6.07, 6.45) is 11.6. The molecule has 2 heteroatoms. The Kier molecular flexibility index (Phi) is 3.72. The molecule has 3 rings (SSSR count). The molecule has 0 aromatic heterocycles. The lowest BCUT2D eigenvalue weighted by Gasteiger charge is -2.32. The van der Waals surface area contributed by atoms with E-state index in [0.29, 0.717) is 0 Å². The summed E-state index contributed by atoms with van der Waals surface area (Å²) in [5, 5.41) is 3.98. The summed E-state index contributed by atoms with van der Waals surface area (Å²) in [4.78, 5) is 2.71. The molecule has 2 heterocycles. The Hall–Kier alpha value is -0.0800. The molecule has 1 saturated carbocycles. The van der Waals surface area contributed by atoms with Crippen molar-refractivity contribution in [1.29, 1.82) is 0 Å². The van der Waals surface area contributed by atoms with Crippen LogP contribution in [0.2, 0.25) is 0 Å². The van der Waals surface area contributed by atoms with Gasteiger partial charge < -0.3 is 5.32 Å². The van der Waals surface area contributed by atoms with Crippen LogP contribution in [-0.2, 0) is 0 Å². The molecule has 17 heavy (non-hydrogen) atoms. The van der Waals surface area contributed by atoms with Crippen molar-refractivity contribution in [3.63, 3.8) is 0 Å². The molecule has 2 nitrogen and oxygen atoms in total. The van der Waals surface area contributed by atoms with Crippen LogP contribution < -0.4 is 5.32 Å². The molecule has 0 aromatic rings. The third kappa shape index (κ3) is 2.53. The van der Waals surface area contributed by atoms with E-state index in [1.165, 1.54) is 64.5 Å². The van der Waals surface area contributed by atoms with Crippen molar-refractivity contribution >= 4 is 0 Å². The first-order chi connectivity index (χ1) is 8.34. The maximum absolute atomic E-state index is 3.98. The Morgan fingerprint density at radius 1 is 0.941 bits per heavy atom. The summed E-state index contributed by atoms with van der Waals surface area (Å²) >= 11 is 0. The highest BCUT2D eigenvalue weighted by atomic mass is 15.2. The maximum atomic E-state index is 3.98. The topological polar surface area (TPSA) is 15.3 Å². The minimum absolute atomic E-state index is 0.751. The first kappa shape index (κ1) is 12.0. The zero-order valence-electron chi connectivity index (χ0n) is 11.3. The second-order valence-electron chi connectivity index (χ2n) is 6.49. The normalized spacial score (nSPS) is 37.2. The van der Waals surface area contributed by atoms with E-state index in [1.807, 2.05) is 0 Å². The van der Waals surface area contributed by atoms with Crippen molar-refractivity contribution in [2.24, 2.45) is 5.92 Å². The molecule has 3 fully saturated rings. The van der Waals surface area contributed by atoms with E-state index >= 15 is 0 Å². The van der Waals surface area contributed by atoms with E-state index in [-0.39, 0.29) is 0 Å². The SMILES string of the molecule is C[C@@H](NC1CCN2CCCC12)C1CCCCC1. The predicted octanol–water partition coefficient (Wildman–Crippen LogP) is 2.78. The highest BCUT2D eigenvalue weighted by Gasteiger charge is 2.38. The second-order valence-corrected chi connectivity index (χ2v) is 6.49. The van der Waals surface area contributed by atoms with Gasteiger partial charge in [0.05, 0.1) is 0 Å². The maximum Gasteiger partial charge on any atom is 0.0250 e. The van der Waals surface area contributed by atoms with E-state index < -0.39 is 0 Å². The highest BCUT2D eigenvalue weighted by molar-refractivity contribution is 4.97. The van der Waals surface area contributed by atoms with Crippen molar-refractivity contribution in [3.8, 4) is 0 Å². The standard InChI is InChI=1S/C15H28N2/c1-12(13-6-3-2-4-7-13)16-14-9-11-17-10-5-8-15(14)17/h12-16H,2-11H2,1H3/t12-,14?,15?/m1/s1. The van der Waals surface area contributed by atoms with E-state index in [4.69, 9.17) is 0 Å². The van der Waals surface area contributed by atoms with Gasteiger partial charge in [-0.05, 0) is 51.5 Å². The fourth-order valence-electron chi connectivity index (χ4n) is 4.38. The lowest BCUT2D eigenvalue weighted by molar-refractivity contribution is 0.239. The Morgan fingerprint density at radius 2 is 1.76 bits per heavy atom. The predicted molar refractivity (Wildman–Crippen MR) is 72.2 cm³/mol. The molecule has 2 saturated heterocycles. The van der Waals surface area contributed by atoms with E-state index in [1.54, 1.807) is 0 Å². The van der Waals surface area contributed by atoms with Gasteiger partial charge in [0.15, 0.2) is 0 Å². The van der Waals surface area contributed by atoms with Crippen LogP contribution in [0.5, 0.6) is 0 Å². The van der Waals surface area contributed by atoms with E-state index in [9.17, 15) is 0 Å².